The average Bonchev–Trinajstić information content (AvgIpc) is 2.19. The number of hydrogen-bond donors (Lipinski definition) is 3. The van der Waals surface area contributed by atoms with Crippen molar-refractivity contribution in [2.45, 2.75) is 32.7 Å². The minimum absolute atomic E-state index is 0.00794. The van der Waals surface area contributed by atoms with Gasteiger partial charge in [0.2, 0.25) is 5.91 Å². The number of carbonyl (C=O) groups is 1. The van der Waals surface area contributed by atoms with Gasteiger partial charge in [-0.25, -0.2) is 4.98 Å². The highest BCUT2D eigenvalue weighted by Gasteiger charge is 2.09. The third-order valence-corrected chi connectivity index (χ3v) is 1.92. The zero-order valence-corrected chi connectivity index (χ0v) is 10.6. The summed E-state index contributed by atoms with van der Waals surface area (Å²) in [4.78, 5) is 15.4. The average molecular weight is 236 g/mol. The molecule has 5 nitrogen and oxygen atoms in total. The van der Waals surface area contributed by atoms with E-state index in [0.717, 1.165) is 5.69 Å². The van der Waals surface area contributed by atoms with Crippen LogP contribution in [0.15, 0.2) is 18.3 Å². The number of nitrogens with zero attached hydrogens (tertiary/aromatic N) is 1. The second kappa shape index (κ2) is 5.63. The van der Waals surface area contributed by atoms with Crippen LogP contribution in [0.3, 0.4) is 0 Å². The highest BCUT2D eigenvalue weighted by molar-refractivity contribution is 5.89. The molecule has 1 aromatic heterocycles. The van der Waals surface area contributed by atoms with Crippen molar-refractivity contribution in [1.29, 1.82) is 0 Å². The maximum Gasteiger partial charge on any atom is 0.226 e. The van der Waals surface area contributed by atoms with E-state index in [0.29, 0.717) is 18.8 Å². The molecule has 0 aromatic carbocycles. The Hall–Kier alpha value is -1.62. The fourth-order valence-electron chi connectivity index (χ4n) is 1.31. The van der Waals surface area contributed by atoms with Crippen LogP contribution in [0.1, 0.15) is 27.2 Å². The first kappa shape index (κ1) is 13.4. The minimum atomic E-state index is -0.114. The van der Waals surface area contributed by atoms with Gasteiger partial charge in [-0.2, -0.15) is 0 Å². The van der Waals surface area contributed by atoms with Gasteiger partial charge in [-0.15, -0.1) is 0 Å². The van der Waals surface area contributed by atoms with Crippen molar-refractivity contribution < 1.29 is 4.79 Å². The molecule has 0 unspecified atom stereocenters. The molecule has 0 radical (unpaired) electrons. The smallest absolute Gasteiger partial charge is 0.226 e. The second-order valence-electron chi connectivity index (χ2n) is 4.89. The van der Waals surface area contributed by atoms with Crippen molar-refractivity contribution in [3.63, 3.8) is 0 Å². The maximum absolute atomic E-state index is 11.3. The third-order valence-electron chi connectivity index (χ3n) is 1.92. The van der Waals surface area contributed by atoms with Crippen LogP contribution in [0.25, 0.3) is 0 Å². The summed E-state index contributed by atoms with van der Waals surface area (Å²) in [6.45, 7) is 6.56. The van der Waals surface area contributed by atoms with Crippen molar-refractivity contribution in [2.75, 3.05) is 17.2 Å². The van der Waals surface area contributed by atoms with Gasteiger partial charge < -0.3 is 16.4 Å². The Morgan fingerprint density at radius 2 is 2.12 bits per heavy atom. The van der Waals surface area contributed by atoms with E-state index >= 15 is 0 Å². The van der Waals surface area contributed by atoms with Crippen LogP contribution in [-0.4, -0.2) is 23.0 Å². The summed E-state index contributed by atoms with van der Waals surface area (Å²) in [5.41, 5.74) is 6.20. The quantitative estimate of drug-likeness (QED) is 0.741. The molecule has 0 saturated carbocycles. The predicted octanol–water partition coefficient (Wildman–Crippen LogP) is 1.58. The normalized spacial score (nSPS) is 11.1. The third kappa shape index (κ3) is 5.31. The van der Waals surface area contributed by atoms with E-state index in [4.69, 9.17) is 5.73 Å². The number of pyridine rings is 1. The van der Waals surface area contributed by atoms with Gasteiger partial charge in [0.25, 0.3) is 0 Å². The summed E-state index contributed by atoms with van der Waals surface area (Å²) < 4.78 is 0. The Labute approximate surface area is 102 Å². The van der Waals surface area contributed by atoms with E-state index in [1.165, 1.54) is 0 Å². The van der Waals surface area contributed by atoms with Gasteiger partial charge in [0.05, 0.1) is 11.9 Å². The Morgan fingerprint density at radius 3 is 2.59 bits per heavy atom. The first-order valence-corrected chi connectivity index (χ1v) is 5.65. The van der Waals surface area contributed by atoms with Gasteiger partial charge in [0, 0.05) is 18.5 Å². The summed E-state index contributed by atoms with van der Waals surface area (Å²) >= 11 is 0. The number of amides is 1. The van der Waals surface area contributed by atoms with E-state index < -0.39 is 0 Å². The SMILES string of the molecule is CC(C)(C)Nc1ccc(NC(=O)CCN)nc1. The number of rotatable bonds is 4. The molecule has 0 atom stereocenters. The van der Waals surface area contributed by atoms with Crippen molar-refractivity contribution >= 4 is 17.4 Å². The minimum Gasteiger partial charge on any atom is -0.379 e. The molecule has 1 heterocycles. The summed E-state index contributed by atoms with van der Waals surface area (Å²) in [6, 6.07) is 3.65. The van der Waals surface area contributed by atoms with Crippen LogP contribution in [0, 0.1) is 0 Å². The van der Waals surface area contributed by atoms with Gasteiger partial charge in [0.15, 0.2) is 0 Å². The molecule has 4 N–H and O–H groups in total. The van der Waals surface area contributed by atoms with Crippen molar-refractivity contribution in [2.24, 2.45) is 5.73 Å². The van der Waals surface area contributed by atoms with Crippen LogP contribution >= 0.6 is 0 Å². The Morgan fingerprint density at radius 1 is 1.41 bits per heavy atom. The van der Waals surface area contributed by atoms with E-state index in [1.807, 2.05) is 6.07 Å². The number of carbonyl (C=O) groups excluding carboxylic acids is 1. The Kier molecular flexibility index (Phi) is 4.45. The van der Waals surface area contributed by atoms with E-state index in [2.05, 4.69) is 36.4 Å². The summed E-state index contributed by atoms with van der Waals surface area (Å²) in [5.74, 6) is 0.430. The summed E-state index contributed by atoms with van der Waals surface area (Å²) in [7, 11) is 0. The molecule has 5 heteroatoms. The predicted molar refractivity (Wildman–Crippen MR) is 69.9 cm³/mol. The van der Waals surface area contributed by atoms with Crippen molar-refractivity contribution in [3.8, 4) is 0 Å². The zero-order valence-electron chi connectivity index (χ0n) is 10.6. The molecule has 1 rings (SSSR count). The molecule has 1 amide bonds. The van der Waals surface area contributed by atoms with Crippen LogP contribution < -0.4 is 16.4 Å². The number of aromatic nitrogens is 1. The van der Waals surface area contributed by atoms with Crippen molar-refractivity contribution in [1.82, 2.24) is 4.98 Å². The van der Waals surface area contributed by atoms with E-state index in [9.17, 15) is 4.79 Å². The fraction of sp³-hybridized carbons (Fsp3) is 0.500. The first-order valence-electron chi connectivity index (χ1n) is 5.65. The number of hydrogen-bond acceptors (Lipinski definition) is 4. The van der Waals surface area contributed by atoms with Gasteiger partial charge in [-0.3, -0.25) is 4.79 Å². The molecule has 1 aromatic rings. The number of nitrogens with one attached hydrogen (secondary N) is 2. The highest BCUT2D eigenvalue weighted by atomic mass is 16.1. The monoisotopic (exact) mass is 236 g/mol. The van der Waals surface area contributed by atoms with E-state index in [-0.39, 0.29) is 11.4 Å². The lowest BCUT2D eigenvalue weighted by atomic mass is 10.1. The van der Waals surface area contributed by atoms with Gasteiger partial charge in [0.1, 0.15) is 5.82 Å². The molecule has 94 valence electrons. The number of anilines is 2. The highest BCUT2D eigenvalue weighted by Crippen LogP contribution is 2.15. The molecule has 0 spiro atoms. The molecule has 0 saturated heterocycles. The van der Waals surface area contributed by atoms with Gasteiger partial charge in [-0.1, -0.05) is 0 Å². The van der Waals surface area contributed by atoms with Crippen molar-refractivity contribution in [3.05, 3.63) is 18.3 Å². The molecule has 0 aliphatic rings. The summed E-state index contributed by atoms with van der Waals surface area (Å²) in [5, 5.41) is 5.97. The lowest BCUT2D eigenvalue weighted by molar-refractivity contribution is -0.116. The van der Waals surface area contributed by atoms with Crippen LogP contribution in [0.4, 0.5) is 11.5 Å². The molecule has 0 fully saturated rings. The summed E-state index contributed by atoms with van der Waals surface area (Å²) in [6.07, 6.45) is 2.01. The molecule has 0 aliphatic carbocycles. The molecular formula is C12H20N4O. The number of nitrogens with two attached hydrogens (primary N) is 1. The van der Waals surface area contributed by atoms with Crippen LogP contribution in [0.2, 0.25) is 0 Å². The van der Waals surface area contributed by atoms with Crippen LogP contribution in [-0.2, 0) is 4.79 Å². The fourth-order valence-corrected chi connectivity index (χ4v) is 1.31. The Bertz CT molecular complexity index is 367. The standard InChI is InChI=1S/C12H20N4O/c1-12(2,3)16-9-4-5-10(14-8-9)15-11(17)6-7-13/h4-5,8,16H,6-7,13H2,1-3H3,(H,14,15,17). The lowest BCUT2D eigenvalue weighted by Crippen LogP contribution is -2.26. The second-order valence-corrected chi connectivity index (χ2v) is 4.89. The van der Waals surface area contributed by atoms with Gasteiger partial charge in [-0.05, 0) is 32.9 Å². The molecule has 0 aliphatic heterocycles. The molecule has 0 bridgehead atoms. The van der Waals surface area contributed by atoms with E-state index in [1.54, 1.807) is 12.3 Å². The zero-order chi connectivity index (χ0) is 12.9. The lowest BCUT2D eigenvalue weighted by Gasteiger charge is -2.21. The van der Waals surface area contributed by atoms with Crippen LogP contribution in [0.5, 0.6) is 0 Å². The first-order chi connectivity index (χ1) is 7.90. The Balaban J connectivity index is 2.59. The maximum atomic E-state index is 11.3. The molecular weight excluding hydrogens is 216 g/mol. The van der Waals surface area contributed by atoms with Gasteiger partial charge >= 0.3 is 0 Å². The largest absolute Gasteiger partial charge is 0.379 e. The topological polar surface area (TPSA) is 80.0 Å². The molecule has 17 heavy (non-hydrogen) atoms.